The van der Waals surface area contributed by atoms with Crippen LogP contribution in [0.2, 0.25) is 0 Å². The number of carbonyl (C=O) groups is 1. The Morgan fingerprint density at radius 3 is 3.00 bits per heavy atom. The number of halogens is 1. The molecule has 0 bridgehead atoms. The first-order chi connectivity index (χ1) is 5.20. The van der Waals surface area contributed by atoms with Crippen LogP contribution in [0.15, 0.2) is 17.5 Å². The molecular weight excluding hydrogens is 180 g/mol. The van der Waals surface area contributed by atoms with E-state index in [4.69, 9.17) is 11.6 Å². The highest BCUT2D eigenvalue weighted by Gasteiger charge is 2.10. The van der Waals surface area contributed by atoms with E-state index in [9.17, 15) is 4.79 Å². The zero-order valence-corrected chi connectivity index (χ0v) is 7.78. The second kappa shape index (κ2) is 3.88. The summed E-state index contributed by atoms with van der Waals surface area (Å²) in [6, 6.07) is 3.99. The van der Waals surface area contributed by atoms with Crippen molar-refractivity contribution in [1.29, 1.82) is 0 Å². The number of hydrogen-bond acceptors (Lipinski definition) is 2. The van der Waals surface area contributed by atoms with Gasteiger partial charge in [-0.15, -0.1) is 11.3 Å². The second-order valence-corrected chi connectivity index (χ2v) is 3.89. The van der Waals surface area contributed by atoms with E-state index < -0.39 is 0 Å². The molecule has 0 amide bonds. The largest absolute Gasteiger partial charge is 0.281 e. The molecule has 0 N–H and O–H groups in total. The van der Waals surface area contributed by atoms with Gasteiger partial charge < -0.3 is 0 Å². The van der Waals surface area contributed by atoms with Gasteiger partial charge in [0.15, 0.2) is 0 Å². The zero-order chi connectivity index (χ0) is 8.27. The maximum atomic E-state index is 10.6. The number of hydrogen-bond donors (Lipinski definition) is 0. The lowest BCUT2D eigenvalue weighted by molar-refractivity contribution is -0.114. The first-order valence-corrected chi connectivity index (χ1v) is 4.67. The van der Waals surface area contributed by atoms with Crippen LogP contribution in [-0.2, 0) is 11.2 Å². The topological polar surface area (TPSA) is 17.1 Å². The van der Waals surface area contributed by atoms with Crippen molar-refractivity contribution in [2.75, 3.05) is 0 Å². The van der Waals surface area contributed by atoms with E-state index in [1.807, 2.05) is 24.4 Å². The van der Waals surface area contributed by atoms with E-state index in [2.05, 4.69) is 0 Å². The Balaban J connectivity index is 2.50. The third-order valence-corrected chi connectivity index (χ3v) is 2.75. The van der Waals surface area contributed by atoms with E-state index in [-0.39, 0.29) is 11.2 Å². The van der Waals surface area contributed by atoms with Gasteiger partial charge in [-0.3, -0.25) is 4.79 Å². The normalized spacial score (nSPS) is 12.9. The van der Waals surface area contributed by atoms with Gasteiger partial charge in [0, 0.05) is 10.8 Å². The van der Waals surface area contributed by atoms with E-state index >= 15 is 0 Å². The molecule has 0 saturated heterocycles. The molecular formula is C8H9ClOS. The molecule has 0 spiro atoms. The molecule has 1 nitrogen and oxygen atoms in total. The Hall–Kier alpha value is -0.340. The highest BCUT2D eigenvalue weighted by atomic mass is 35.5. The van der Waals surface area contributed by atoms with Crippen molar-refractivity contribution >= 4 is 28.2 Å². The molecule has 0 aliphatic carbocycles. The van der Waals surface area contributed by atoms with Crippen molar-refractivity contribution in [3.63, 3.8) is 0 Å². The molecule has 1 aromatic heterocycles. The van der Waals surface area contributed by atoms with Gasteiger partial charge in [-0.05, 0) is 29.5 Å². The van der Waals surface area contributed by atoms with Crippen molar-refractivity contribution in [3.05, 3.63) is 22.4 Å². The Morgan fingerprint density at radius 1 is 1.82 bits per heavy atom. The maximum Gasteiger partial charge on any atom is 0.224 e. The first kappa shape index (κ1) is 8.75. The molecule has 60 valence electrons. The van der Waals surface area contributed by atoms with Gasteiger partial charge in [-0.1, -0.05) is 13.0 Å². The Bertz CT molecular complexity index is 230. The first-order valence-electron chi connectivity index (χ1n) is 3.42. The van der Waals surface area contributed by atoms with Crippen molar-refractivity contribution in [1.82, 2.24) is 0 Å². The highest BCUT2D eigenvalue weighted by molar-refractivity contribution is 7.09. The average molecular weight is 189 g/mol. The fraction of sp³-hybridized carbons (Fsp3) is 0.375. The van der Waals surface area contributed by atoms with Crippen LogP contribution in [-0.4, -0.2) is 5.24 Å². The fourth-order valence-corrected chi connectivity index (χ4v) is 1.72. The van der Waals surface area contributed by atoms with Crippen LogP contribution in [0.3, 0.4) is 0 Å². The molecule has 0 radical (unpaired) electrons. The summed E-state index contributed by atoms with van der Waals surface area (Å²) < 4.78 is 0. The molecule has 0 aliphatic heterocycles. The van der Waals surface area contributed by atoms with Gasteiger partial charge in [-0.25, -0.2) is 0 Å². The fourth-order valence-electron chi connectivity index (χ4n) is 0.811. The van der Waals surface area contributed by atoms with Crippen LogP contribution in [0.1, 0.15) is 11.8 Å². The van der Waals surface area contributed by atoms with Crippen LogP contribution in [0.25, 0.3) is 0 Å². The third-order valence-electron chi connectivity index (χ3n) is 1.47. The minimum atomic E-state index is -0.251. The Labute approximate surface area is 75.0 Å². The monoisotopic (exact) mass is 188 g/mol. The molecule has 1 rings (SSSR count). The molecule has 1 atom stereocenters. The molecule has 1 heterocycles. The zero-order valence-electron chi connectivity index (χ0n) is 6.21. The molecule has 11 heavy (non-hydrogen) atoms. The van der Waals surface area contributed by atoms with Gasteiger partial charge in [0.25, 0.3) is 0 Å². The average Bonchev–Trinajstić information content (AvgIpc) is 2.39. The highest BCUT2D eigenvalue weighted by Crippen LogP contribution is 2.15. The second-order valence-electron chi connectivity index (χ2n) is 2.49. The Morgan fingerprint density at radius 2 is 2.55 bits per heavy atom. The van der Waals surface area contributed by atoms with E-state index in [1.165, 1.54) is 4.88 Å². The maximum absolute atomic E-state index is 10.6. The summed E-state index contributed by atoms with van der Waals surface area (Å²) in [5.74, 6) is -0.0599. The molecule has 1 unspecified atom stereocenters. The smallest absolute Gasteiger partial charge is 0.224 e. The number of carbonyl (C=O) groups excluding carboxylic acids is 1. The van der Waals surface area contributed by atoms with Gasteiger partial charge in [0.1, 0.15) is 0 Å². The van der Waals surface area contributed by atoms with Gasteiger partial charge in [-0.2, -0.15) is 0 Å². The molecule has 3 heteroatoms. The lowest BCUT2D eigenvalue weighted by atomic mass is 10.1. The van der Waals surface area contributed by atoms with Crippen molar-refractivity contribution < 1.29 is 4.79 Å². The SMILES string of the molecule is CC(Cc1cccs1)C(=O)Cl. The minimum Gasteiger partial charge on any atom is -0.281 e. The quantitative estimate of drug-likeness (QED) is 0.667. The minimum absolute atomic E-state index is 0.0599. The molecule has 0 fully saturated rings. The number of rotatable bonds is 3. The van der Waals surface area contributed by atoms with Crippen LogP contribution in [0, 0.1) is 5.92 Å². The predicted octanol–water partition coefficient (Wildman–Crippen LogP) is 2.69. The van der Waals surface area contributed by atoms with E-state index in [0.717, 1.165) is 6.42 Å². The van der Waals surface area contributed by atoms with Crippen LogP contribution in [0.5, 0.6) is 0 Å². The third kappa shape index (κ3) is 2.64. The van der Waals surface area contributed by atoms with Crippen molar-refractivity contribution in [2.24, 2.45) is 5.92 Å². The van der Waals surface area contributed by atoms with E-state index in [1.54, 1.807) is 11.3 Å². The summed E-state index contributed by atoms with van der Waals surface area (Å²) in [5, 5.41) is 1.75. The standard InChI is InChI=1S/C8H9ClOS/c1-6(8(9)10)5-7-3-2-4-11-7/h2-4,6H,5H2,1H3. The lowest BCUT2D eigenvalue weighted by Gasteiger charge is -2.01. The summed E-state index contributed by atoms with van der Waals surface area (Å²) in [5.41, 5.74) is 0. The summed E-state index contributed by atoms with van der Waals surface area (Å²) in [7, 11) is 0. The van der Waals surface area contributed by atoms with Crippen molar-refractivity contribution in [2.45, 2.75) is 13.3 Å². The van der Waals surface area contributed by atoms with Crippen molar-refractivity contribution in [3.8, 4) is 0 Å². The summed E-state index contributed by atoms with van der Waals surface area (Å²) in [4.78, 5) is 11.9. The van der Waals surface area contributed by atoms with E-state index in [0.29, 0.717) is 0 Å². The summed E-state index contributed by atoms with van der Waals surface area (Å²) in [6.07, 6.45) is 0.764. The summed E-state index contributed by atoms with van der Waals surface area (Å²) >= 11 is 6.97. The number of thiophene rings is 1. The van der Waals surface area contributed by atoms with Crippen LogP contribution < -0.4 is 0 Å². The van der Waals surface area contributed by atoms with Crippen LogP contribution >= 0.6 is 22.9 Å². The molecule has 0 saturated carbocycles. The predicted molar refractivity (Wildman–Crippen MR) is 48.0 cm³/mol. The van der Waals surface area contributed by atoms with Crippen LogP contribution in [0.4, 0.5) is 0 Å². The lowest BCUT2D eigenvalue weighted by Crippen LogP contribution is -2.05. The molecule has 0 aliphatic rings. The molecule has 0 aromatic carbocycles. The molecule has 1 aromatic rings. The Kier molecular flexibility index (Phi) is 3.09. The van der Waals surface area contributed by atoms with Gasteiger partial charge in [0.2, 0.25) is 5.24 Å². The summed E-state index contributed by atoms with van der Waals surface area (Å²) in [6.45, 7) is 1.84. The van der Waals surface area contributed by atoms with Gasteiger partial charge in [0.05, 0.1) is 0 Å². The van der Waals surface area contributed by atoms with Gasteiger partial charge >= 0.3 is 0 Å².